The Morgan fingerprint density at radius 3 is 1.92 bits per heavy atom. The van der Waals surface area contributed by atoms with Crippen molar-refractivity contribution in [1.29, 1.82) is 0 Å². The number of benzene rings is 2. The highest BCUT2D eigenvalue weighted by molar-refractivity contribution is 7.82. The first-order valence-electron chi connectivity index (χ1n) is 7.53. The normalized spacial score (nSPS) is 11.6. The summed E-state index contributed by atoms with van der Waals surface area (Å²) in [5, 5.41) is 0. The van der Waals surface area contributed by atoms with E-state index >= 15 is 0 Å². The predicted octanol–water partition coefficient (Wildman–Crippen LogP) is 3.58. The smallest absolute Gasteiger partial charge is 0.375 e. The summed E-state index contributed by atoms with van der Waals surface area (Å²) < 4.78 is 31.4. The molecule has 128 valence electrons. The minimum atomic E-state index is -3.98. The molecule has 0 aromatic heterocycles. The van der Waals surface area contributed by atoms with E-state index < -0.39 is 10.4 Å². The maximum atomic E-state index is 11.2. The topological polar surface area (TPSA) is 55.8 Å². The highest BCUT2D eigenvalue weighted by Crippen LogP contribution is 2.18. The molecule has 0 heterocycles. The lowest BCUT2D eigenvalue weighted by Crippen LogP contribution is -2.15. The van der Waals surface area contributed by atoms with Crippen molar-refractivity contribution in [3.63, 3.8) is 0 Å². The standard InChI is InChI=1S/C18H21NO4S/c1-4-19(2)17-11-7-15(8-12-17)5-6-16-9-13-18(14-10-16)23-24(20,21)22-3/h5-14H,4H2,1-3H3/b6-5+. The molecular formula is C18H21NO4S. The Labute approximate surface area is 143 Å². The van der Waals surface area contributed by atoms with E-state index in [4.69, 9.17) is 4.18 Å². The van der Waals surface area contributed by atoms with E-state index in [1.165, 1.54) is 5.69 Å². The molecule has 2 rings (SSSR count). The van der Waals surface area contributed by atoms with Crippen molar-refractivity contribution < 1.29 is 16.8 Å². The summed E-state index contributed by atoms with van der Waals surface area (Å²) in [6, 6.07) is 15.0. The van der Waals surface area contributed by atoms with E-state index in [9.17, 15) is 8.42 Å². The highest BCUT2D eigenvalue weighted by Gasteiger charge is 2.10. The van der Waals surface area contributed by atoms with Gasteiger partial charge in [-0.3, -0.25) is 0 Å². The zero-order valence-electron chi connectivity index (χ0n) is 14.0. The van der Waals surface area contributed by atoms with Gasteiger partial charge in [-0.1, -0.05) is 36.4 Å². The molecule has 0 fully saturated rings. The zero-order valence-corrected chi connectivity index (χ0v) is 14.8. The molecule has 0 bridgehead atoms. The molecule has 5 nitrogen and oxygen atoms in total. The summed E-state index contributed by atoms with van der Waals surface area (Å²) in [6.45, 7) is 3.07. The molecular weight excluding hydrogens is 326 g/mol. The van der Waals surface area contributed by atoms with Crippen LogP contribution < -0.4 is 9.08 Å². The third-order valence-electron chi connectivity index (χ3n) is 3.56. The van der Waals surface area contributed by atoms with Crippen LogP contribution in [0.2, 0.25) is 0 Å². The fraction of sp³-hybridized carbons (Fsp3) is 0.222. The fourth-order valence-corrected chi connectivity index (χ4v) is 2.42. The molecule has 0 aliphatic heterocycles. The first-order chi connectivity index (χ1) is 11.4. The van der Waals surface area contributed by atoms with Gasteiger partial charge >= 0.3 is 10.4 Å². The van der Waals surface area contributed by atoms with E-state index in [1.54, 1.807) is 24.3 Å². The van der Waals surface area contributed by atoms with Crippen LogP contribution in [0.25, 0.3) is 12.2 Å². The van der Waals surface area contributed by atoms with Crippen molar-refractivity contribution in [3.8, 4) is 5.75 Å². The van der Waals surface area contributed by atoms with E-state index in [1.807, 2.05) is 12.2 Å². The maximum Gasteiger partial charge on any atom is 0.448 e. The monoisotopic (exact) mass is 347 g/mol. The van der Waals surface area contributed by atoms with Gasteiger partial charge in [0.25, 0.3) is 0 Å². The predicted molar refractivity (Wildman–Crippen MR) is 97.3 cm³/mol. The van der Waals surface area contributed by atoms with Gasteiger partial charge in [-0.2, -0.15) is 8.42 Å². The number of hydrogen-bond acceptors (Lipinski definition) is 5. The quantitative estimate of drug-likeness (QED) is 0.717. The van der Waals surface area contributed by atoms with Crippen molar-refractivity contribution >= 4 is 28.2 Å². The molecule has 0 spiro atoms. The summed E-state index contributed by atoms with van der Waals surface area (Å²) in [5.41, 5.74) is 3.20. The van der Waals surface area contributed by atoms with Gasteiger partial charge < -0.3 is 9.08 Å². The Bertz CT molecular complexity index is 781. The molecule has 2 aromatic carbocycles. The number of anilines is 1. The van der Waals surface area contributed by atoms with Crippen LogP contribution in [0.1, 0.15) is 18.1 Å². The Hall–Kier alpha value is -2.31. The van der Waals surface area contributed by atoms with E-state index in [2.05, 4.69) is 47.3 Å². The summed E-state index contributed by atoms with van der Waals surface area (Å²) in [5.74, 6) is 0.209. The van der Waals surface area contributed by atoms with E-state index in [0.29, 0.717) is 0 Å². The van der Waals surface area contributed by atoms with Crippen molar-refractivity contribution in [3.05, 3.63) is 59.7 Å². The Balaban J connectivity index is 2.04. The van der Waals surface area contributed by atoms with Crippen molar-refractivity contribution in [2.24, 2.45) is 0 Å². The number of rotatable bonds is 7. The molecule has 0 radical (unpaired) electrons. The van der Waals surface area contributed by atoms with Crippen LogP contribution >= 0.6 is 0 Å². The average Bonchev–Trinajstić information content (AvgIpc) is 2.60. The molecule has 0 amide bonds. The Kier molecular flexibility index (Phi) is 6.00. The number of nitrogens with zero attached hydrogens (tertiary/aromatic N) is 1. The van der Waals surface area contributed by atoms with Gasteiger partial charge in [0.05, 0.1) is 7.11 Å². The minimum absolute atomic E-state index is 0.209. The van der Waals surface area contributed by atoms with Crippen LogP contribution in [0, 0.1) is 0 Å². The largest absolute Gasteiger partial charge is 0.448 e. The first kappa shape index (κ1) is 18.0. The zero-order chi connectivity index (χ0) is 17.6. The SMILES string of the molecule is CCN(C)c1ccc(/C=C/c2ccc(OS(=O)(=O)OC)cc2)cc1. The first-order valence-corrected chi connectivity index (χ1v) is 8.86. The Morgan fingerprint density at radius 1 is 0.958 bits per heavy atom. The molecule has 0 atom stereocenters. The number of hydrogen-bond donors (Lipinski definition) is 0. The third kappa shape index (κ3) is 5.11. The molecule has 0 unspecified atom stereocenters. The van der Waals surface area contributed by atoms with Crippen LogP contribution in [-0.4, -0.2) is 29.1 Å². The van der Waals surface area contributed by atoms with Crippen LogP contribution in [-0.2, 0) is 14.6 Å². The molecule has 24 heavy (non-hydrogen) atoms. The van der Waals surface area contributed by atoms with Gasteiger partial charge in [-0.15, -0.1) is 0 Å². The van der Waals surface area contributed by atoms with E-state index in [-0.39, 0.29) is 5.75 Å². The molecule has 0 aliphatic rings. The minimum Gasteiger partial charge on any atom is -0.375 e. The molecule has 0 saturated carbocycles. The van der Waals surface area contributed by atoms with Crippen LogP contribution in [0.15, 0.2) is 48.5 Å². The Morgan fingerprint density at radius 2 is 1.46 bits per heavy atom. The molecule has 0 aliphatic carbocycles. The molecule has 6 heteroatoms. The van der Waals surface area contributed by atoms with Crippen LogP contribution in [0.5, 0.6) is 5.75 Å². The van der Waals surface area contributed by atoms with Crippen molar-refractivity contribution in [2.75, 3.05) is 25.6 Å². The summed E-state index contributed by atoms with van der Waals surface area (Å²) in [6.07, 6.45) is 3.95. The highest BCUT2D eigenvalue weighted by atomic mass is 32.3. The van der Waals surface area contributed by atoms with Crippen LogP contribution in [0.4, 0.5) is 5.69 Å². The van der Waals surface area contributed by atoms with Gasteiger partial charge in [-0.05, 0) is 42.3 Å². The molecule has 0 saturated heterocycles. The third-order valence-corrected chi connectivity index (χ3v) is 4.36. The van der Waals surface area contributed by atoms with Gasteiger partial charge in [0.15, 0.2) is 0 Å². The van der Waals surface area contributed by atoms with Crippen molar-refractivity contribution in [1.82, 2.24) is 0 Å². The lowest BCUT2D eigenvalue weighted by molar-refractivity contribution is 0.330. The summed E-state index contributed by atoms with van der Waals surface area (Å²) in [4.78, 5) is 2.17. The molecule has 2 aromatic rings. The second kappa shape index (κ2) is 7.99. The summed E-state index contributed by atoms with van der Waals surface area (Å²) >= 11 is 0. The summed E-state index contributed by atoms with van der Waals surface area (Å²) in [7, 11) is -0.871. The van der Waals surface area contributed by atoms with Gasteiger partial charge in [0.1, 0.15) is 5.75 Å². The van der Waals surface area contributed by atoms with Gasteiger partial charge in [0, 0.05) is 19.3 Å². The molecule has 0 N–H and O–H groups in total. The fourth-order valence-electron chi connectivity index (χ4n) is 2.00. The van der Waals surface area contributed by atoms with Gasteiger partial charge in [-0.25, -0.2) is 4.18 Å². The lowest BCUT2D eigenvalue weighted by atomic mass is 10.1. The van der Waals surface area contributed by atoms with Gasteiger partial charge in [0.2, 0.25) is 0 Å². The second-order valence-electron chi connectivity index (χ2n) is 5.17. The average molecular weight is 347 g/mol. The van der Waals surface area contributed by atoms with E-state index in [0.717, 1.165) is 24.8 Å². The lowest BCUT2D eigenvalue weighted by Gasteiger charge is -2.16. The maximum absolute atomic E-state index is 11.2. The second-order valence-corrected chi connectivity index (χ2v) is 6.48. The van der Waals surface area contributed by atoms with Crippen molar-refractivity contribution in [2.45, 2.75) is 6.92 Å². The van der Waals surface area contributed by atoms with Crippen LogP contribution in [0.3, 0.4) is 0 Å².